The highest BCUT2D eigenvalue weighted by Crippen LogP contribution is 2.20. The van der Waals surface area contributed by atoms with Crippen LogP contribution in [0.4, 0.5) is 0 Å². The number of hydrogen-bond acceptors (Lipinski definition) is 2. The van der Waals surface area contributed by atoms with Gasteiger partial charge in [0, 0.05) is 4.47 Å². The number of aryl methyl sites for hydroxylation is 2. The second-order valence-corrected chi connectivity index (χ2v) is 6.53. The minimum absolute atomic E-state index is 0.00955. The Morgan fingerprint density at radius 3 is 2.43 bits per heavy atom. The van der Waals surface area contributed by atoms with E-state index in [-0.39, 0.29) is 18.6 Å². The van der Waals surface area contributed by atoms with Crippen LogP contribution in [-0.4, -0.2) is 12.5 Å². The minimum atomic E-state index is -0.113. The molecule has 4 heteroatoms. The third kappa shape index (κ3) is 5.10. The Morgan fingerprint density at radius 2 is 1.83 bits per heavy atom. The Balaban J connectivity index is 1.94. The molecular formula is C19H22BrNO2. The quantitative estimate of drug-likeness (QED) is 0.793. The van der Waals surface area contributed by atoms with Gasteiger partial charge in [0.2, 0.25) is 0 Å². The molecule has 0 aliphatic rings. The smallest absolute Gasteiger partial charge is 0.258 e. The van der Waals surface area contributed by atoms with Crippen molar-refractivity contribution in [3.05, 3.63) is 63.6 Å². The van der Waals surface area contributed by atoms with Crippen molar-refractivity contribution in [3.63, 3.8) is 0 Å². The van der Waals surface area contributed by atoms with E-state index in [9.17, 15) is 4.79 Å². The van der Waals surface area contributed by atoms with E-state index in [4.69, 9.17) is 4.74 Å². The lowest BCUT2D eigenvalue weighted by Gasteiger charge is -2.19. The van der Waals surface area contributed by atoms with Crippen LogP contribution in [0.15, 0.2) is 46.9 Å². The molecule has 3 nitrogen and oxygen atoms in total. The van der Waals surface area contributed by atoms with Gasteiger partial charge in [-0.15, -0.1) is 0 Å². The maximum absolute atomic E-state index is 12.1. The van der Waals surface area contributed by atoms with Crippen LogP contribution in [0.2, 0.25) is 0 Å². The molecule has 0 saturated heterocycles. The van der Waals surface area contributed by atoms with Crippen LogP contribution in [0.25, 0.3) is 0 Å². The molecule has 0 aliphatic heterocycles. The number of hydrogen-bond donors (Lipinski definition) is 1. The van der Waals surface area contributed by atoms with Crippen molar-refractivity contribution in [2.45, 2.75) is 33.2 Å². The van der Waals surface area contributed by atoms with Gasteiger partial charge in [0.05, 0.1) is 6.04 Å². The molecule has 0 aromatic heterocycles. The second kappa shape index (κ2) is 8.16. The van der Waals surface area contributed by atoms with E-state index in [1.165, 1.54) is 11.1 Å². The first kappa shape index (κ1) is 17.5. The van der Waals surface area contributed by atoms with Gasteiger partial charge >= 0.3 is 0 Å². The summed E-state index contributed by atoms with van der Waals surface area (Å²) in [5.41, 5.74) is 3.63. The first-order valence-corrected chi connectivity index (χ1v) is 8.53. The summed E-state index contributed by atoms with van der Waals surface area (Å²) in [5, 5.41) is 3.04. The van der Waals surface area contributed by atoms with E-state index in [2.05, 4.69) is 60.2 Å². The highest BCUT2D eigenvalue weighted by atomic mass is 79.9. The van der Waals surface area contributed by atoms with Gasteiger partial charge in [-0.05, 0) is 61.2 Å². The van der Waals surface area contributed by atoms with Crippen LogP contribution in [0, 0.1) is 13.8 Å². The predicted molar refractivity (Wildman–Crippen MR) is 96.7 cm³/mol. The number of halogens is 1. The van der Waals surface area contributed by atoms with Crippen LogP contribution >= 0.6 is 15.9 Å². The Labute approximate surface area is 146 Å². The Hall–Kier alpha value is -1.81. The van der Waals surface area contributed by atoms with Gasteiger partial charge in [-0.25, -0.2) is 0 Å². The molecule has 2 aromatic carbocycles. The van der Waals surface area contributed by atoms with Gasteiger partial charge in [-0.3, -0.25) is 4.79 Å². The van der Waals surface area contributed by atoms with E-state index in [0.717, 1.165) is 16.5 Å². The monoisotopic (exact) mass is 375 g/mol. The van der Waals surface area contributed by atoms with E-state index >= 15 is 0 Å². The zero-order chi connectivity index (χ0) is 16.8. The number of nitrogens with one attached hydrogen (secondary N) is 1. The molecule has 0 unspecified atom stereocenters. The normalized spacial score (nSPS) is 11.8. The summed E-state index contributed by atoms with van der Waals surface area (Å²) in [7, 11) is 0. The largest absolute Gasteiger partial charge is 0.484 e. The number of amides is 1. The number of carbonyl (C=O) groups excluding carboxylic acids is 1. The second-order valence-electron chi connectivity index (χ2n) is 5.61. The molecule has 0 heterocycles. The average Bonchev–Trinajstić information content (AvgIpc) is 2.55. The molecule has 0 aliphatic carbocycles. The molecule has 1 amide bonds. The summed E-state index contributed by atoms with van der Waals surface area (Å²) in [4.78, 5) is 12.1. The Bertz CT molecular complexity index is 668. The van der Waals surface area contributed by atoms with Crippen LogP contribution in [0.3, 0.4) is 0 Å². The first-order valence-electron chi connectivity index (χ1n) is 7.74. The van der Waals surface area contributed by atoms with Crippen LogP contribution in [-0.2, 0) is 4.79 Å². The molecule has 122 valence electrons. The molecule has 0 fully saturated rings. The summed E-state index contributed by atoms with van der Waals surface area (Å²) in [6.07, 6.45) is 0.840. The third-order valence-corrected chi connectivity index (χ3v) is 4.39. The maximum atomic E-state index is 12.1. The molecule has 23 heavy (non-hydrogen) atoms. The SMILES string of the molecule is CC[C@H](NC(=O)COc1ccc(Br)cc1)c1ccc(C)c(C)c1. The number of benzene rings is 2. The Morgan fingerprint density at radius 1 is 1.13 bits per heavy atom. The number of ether oxygens (including phenoxy) is 1. The van der Waals surface area contributed by atoms with Crippen molar-refractivity contribution >= 4 is 21.8 Å². The van der Waals surface area contributed by atoms with Crippen molar-refractivity contribution in [3.8, 4) is 5.75 Å². The fourth-order valence-corrected chi connectivity index (χ4v) is 2.58. The van der Waals surface area contributed by atoms with Gasteiger partial charge in [-0.2, -0.15) is 0 Å². The molecule has 0 spiro atoms. The van der Waals surface area contributed by atoms with Crippen molar-refractivity contribution in [2.75, 3.05) is 6.61 Å². The van der Waals surface area contributed by atoms with Crippen LogP contribution in [0.5, 0.6) is 5.75 Å². The van der Waals surface area contributed by atoms with E-state index in [1.54, 1.807) is 0 Å². The third-order valence-electron chi connectivity index (χ3n) is 3.86. The molecule has 0 bridgehead atoms. The van der Waals surface area contributed by atoms with Gasteiger partial charge < -0.3 is 10.1 Å². The number of carbonyl (C=O) groups is 1. The highest BCUT2D eigenvalue weighted by molar-refractivity contribution is 9.10. The van der Waals surface area contributed by atoms with Gasteiger partial charge in [0.25, 0.3) is 5.91 Å². The average molecular weight is 376 g/mol. The van der Waals surface area contributed by atoms with Crippen molar-refractivity contribution < 1.29 is 9.53 Å². The molecule has 2 rings (SSSR count). The predicted octanol–water partition coefficient (Wildman–Crippen LogP) is 4.71. The van der Waals surface area contributed by atoms with Gasteiger partial charge in [0.15, 0.2) is 6.61 Å². The summed E-state index contributed by atoms with van der Waals surface area (Å²) >= 11 is 3.37. The van der Waals surface area contributed by atoms with Crippen molar-refractivity contribution in [1.29, 1.82) is 0 Å². The number of rotatable bonds is 6. The molecule has 0 radical (unpaired) electrons. The van der Waals surface area contributed by atoms with Crippen LogP contribution < -0.4 is 10.1 Å². The maximum Gasteiger partial charge on any atom is 0.258 e. The zero-order valence-electron chi connectivity index (χ0n) is 13.7. The van der Waals surface area contributed by atoms with Crippen LogP contribution in [0.1, 0.15) is 36.1 Å². The first-order chi connectivity index (χ1) is 11.0. The lowest BCUT2D eigenvalue weighted by molar-refractivity contribution is -0.123. The minimum Gasteiger partial charge on any atom is -0.484 e. The van der Waals surface area contributed by atoms with E-state index in [0.29, 0.717) is 5.75 Å². The van der Waals surface area contributed by atoms with Crippen molar-refractivity contribution in [2.24, 2.45) is 0 Å². The summed E-state index contributed by atoms with van der Waals surface area (Å²) in [6, 6.07) is 13.8. The summed E-state index contributed by atoms with van der Waals surface area (Å²) in [6.45, 7) is 6.26. The molecule has 1 atom stereocenters. The summed E-state index contributed by atoms with van der Waals surface area (Å²) < 4.78 is 6.50. The molecule has 2 aromatic rings. The highest BCUT2D eigenvalue weighted by Gasteiger charge is 2.13. The standard InChI is InChI=1S/C19H22BrNO2/c1-4-18(15-6-5-13(2)14(3)11-15)21-19(22)12-23-17-9-7-16(20)8-10-17/h5-11,18H,4,12H2,1-3H3,(H,21,22)/t18-/m0/s1. The molecule has 1 N–H and O–H groups in total. The van der Waals surface area contributed by atoms with E-state index < -0.39 is 0 Å². The van der Waals surface area contributed by atoms with Gasteiger partial charge in [-0.1, -0.05) is 41.1 Å². The summed E-state index contributed by atoms with van der Waals surface area (Å²) in [5.74, 6) is 0.570. The topological polar surface area (TPSA) is 38.3 Å². The van der Waals surface area contributed by atoms with Gasteiger partial charge in [0.1, 0.15) is 5.75 Å². The van der Waals surface area contributed by atoms with E-state index in [1.807, 2.05) is 24.3 Å². The molecule has 0 saturated carbocycles. The zero-order valence-corrected chi connectivity index (χ0v) is 15.3. The lowest BCUT2D eigenvalue weighted by atomic mass is 9.99. The Kier molecular flexibility index (Phi) is 6.22. The fourth-order valence-electron chi connectivity index (χ4n) is 2.32. The lowest BCUT2D eigenvalue weighted by Crippen LogP contribution is -2.32. The van der Waals surface area contributed by atoms with Crippen molar-refractivity contribution in [1.82, 2.24) is 5.32 Å². The molecular weight excluding hydrogens is 354 g/mol. The fraction of sp³-hybridized carbons (Fsp3) is 0.316.